The maximum atomic E-state index is 12.3. The molecular weight excluding hydrogens is 382 g/mol. The summed E-state index contributed by atoms with van der Waals surface area (Å²) in [5.41, 5.74) is 1.30. The number of rotatable bonds is 4. The van der Waals surface area contributed by atoms with Crippen molar-refractivity contribution in [1.29, 1.82) is 0 Å². The van der Waals surface area contributed by atoms with Crippen molar-refractivity contribution < 1.29 is 13.9 Å². The largest absolute Gasteiger partial charge is 0.456 e. The van der Waals surface area contributed by atoms with Gasteiger partial charge in [-0.25, -0.2) is 9.59 Å². The molecule has 7 nitrogen and oxygen atoms in total. The first-order valence-electron chi connectivity index (χ1n) is 9.00. The van der Waals surface area contributed by atoms with Gasteiger partial charge in [-0.1, -0.05) is 11.6 Å². The Balaban J connectivity index is 1.51. The van der Waals surface area contributed by atoms with Gasteiger partial charge in [0.05, 0.1) is 0 Å². The second-order valence-electron chi connectivity index (χ2n) is 6.74. The van der Waals surface area contributed by atoms with Crippen molar-refractivity contribution in [2.24, 2.45) is 0 Å². The van der Waals surface area contributed by atoms with Crippen LogP contribution in [-0.4, -0.2) is 29.3 Å². The molecule has 2 aromatic heterocycles. The Labute approximate surface area is 165 Å². The van der Waals surface area contributed by atoms with Crippen LogP contribution in [0.5, 0.6) is 0 Å². The zero-order valence-electron chi connectivity index (χ0n) is 15.3. The predicted octanol–water partition coefficient (Wildman–Crippen LogP) is 3.50. The van der Waals surface area contributed by atoms with Gasteiger partial charge in [-0.3, -0.25) is 0 Å². The number of benzene rings is 1. The molecule has 8 heteroatoms. The van der Waals surface area contributed by atoms with Crippen LogP contribution in [0.3, 0.4) is 0 Å². The number of carbonyl (C=O) groups is 1. The number of ether oxygens (including phenoxy) is 1. The molecule has 1 aromatic carbocycles. The summed E-state index contributed by atoms with van der Waals surface area (Å²) in [7, 11) is 0. The van der Waals surface area contributed by atoms with Crippen LogP contribution >= 0.6 is 11.6 Å². The summed E-state index contributed by atoms with van der Waals surface area (Å²) in [6.45, 7) is 3.61. The Kier molecular flexibility index (Phi) is 5.00. The lowest BCUT2D eigenvalue weighted by molar-refractivity contribution is 0.0465. The van der Waals surface area contributed by atoms with Crippen LogP contribution in [0, 0.1) is 6.92 Å². The fraction of sp³-hybridized carbons (Fsp3) is 0.300. The van der Waals surface area contributed by atoms with E-state index >= 15 is 0 Å². The molecule has 0 aliphatic carbocycles. The van der Waals surface area contributed by atoms with Crippen molar-refractivity contribution in [1.82, 2.24) is 10.2 Å². The van der Waals surface area contributed by atoms with Crippen LogP contribution in [0.15, 0.2) is 39.5 Å². The Morgan fingerprint density at radius 1 is 1.21 bits per heavy atom. The highest BCUT2D eigenvalue weighted by molar-refractivity contribution is 6.32. The van der Waals surface area contributed by atoms with Gasteiger partial charge in [-0.2, -0.15) is 0 Å². The number of aryl methyl sites for hydroxylation is 1. The van der Waals surface area contributed by atoms with E-state index in [2.05, 4.69) is 15.1 Å². The summed E-state index contributed by atoms with van der Waals surface area (Å²) in [5.74, 6) is 0.144. The van der Waals surface area contributed by atoms with Gasteiger partial charge in [-0.15, -0.1) is 10.2 Å². The van der Waals surface area contributed by atoms with E-state index in [1.165, 1.54) is 6.07 Å². The zero-order valence-corrected chi connectivity index (χ0v) is 16.0. The van der Waals surface area contributed by atoms with Gasteiger partial charge in [0.2, 0.25) is 0 Å². The molecule has 1 fully saturated rings. The van der Waals surface area contributed by atoms with Crippen LogP contribution in [0.25, 0.3) is 11.0 Å². The molecule has 0 bridgehead atoms. The lowest BCUT2D eigenvalue weighted by atomic mass is 10.1. The highest BCUT2D eigenvalue weighted by atomic mass is 35.5. The lowest BCUT2D eigenvalue weighted by Gasteiger charge is -2.15. The smallest absolute Gasteiger partial charge is 0.359 e. The number of carbonyl (C=O) groups excluding carboxylic acids is 1. The second kappa shape index (κ2) is 7.59. The van der Waals surface area contributed by atoms with Crippen molar-refractivity contribution >= 4 is 34.4 Å². The first-order valence-corrected chi connectivity index (χ1v) is 9.38. The summed E-state index contributed by atoms with van der Waals surface area (Å²) in [5, 5.41) is 9.25. The number of nitrogens with zero attached hydrogens (tertiary/aromatic N) is 3. The molecule has 1 aliphatic heterocycles. The minimum Gasteiger partial charge on any atom is -0.456 e. The van der Waals surface area contributed by atoms with Gasteiger partial charge in [0.25, 0.3) is 0 Å². The molecule has 0 atom stereocenters. The fourth-order valence-electron chi connectivity index (χ4n) is 3.23. The van der Waals surface area contributed by atoms with Crippen LogP contribution in [0.2, 0.25) is 5.02 Å². The molecule has 4 rings (SSSR count). The molecule has 144 valence electrons. The normalized spacial score (nSPS) is 13.9. The molecule has 0 N–H and O–H groups in total. The number of anilines is 1. The molecule has 28 heavy (non-hydrogen) atoms. The lowest BCUT2D eigenvalue weighted by Crippen LogP contribution is -2.20. The van der Waals surface area contributed by atoms with E-state index in [9.17, 15) is 9.59 Å². The average Bonchev–Trinajstić information content (AvgIpc) is 3.22. The van der Waals surface area contributed by atoms with Crippen molar-refractivity contribution in [3.05, 3.63) is 62.6 Å². The Morgan fingerprint density at radius 2 is 2.00 bits per heavy atom. The van der Waals surface area contributed by atoms with E-state index in [4.69, 9.17) is 20.8 Å². The van der Waals surface area contributed by atoms with Gasteiger partial charge in [0.15, 0.2) is 11.5 Å². The number of esters is 1. The van der Waals surface area contributed by atoms with Crippen molar-refractivity contribution in [2.75, 3.05) is 18.0 Å². The predicted molar refractivity (Wildman–Crippen MR) is 105 cm³/mol. The van der Waals surface area contributed by atoms with E-state index < -0.39 is 11.6 Å². The molecule has 3 heterocycles. The molecule has 1 aliphatic rings. The number of hydrogen-bond donors (Lipinski definition) is 0. The van der Waals surface area contributed by atoms with Gasteiger partial charge in [0.1, 0.15) is 12.2 Å². The molecule has 1 saturated heterocycles. The molecule has 0 radical (unpaired) electrons. The standard InChI is InChI=1S/C20H18ClN3O4/c1-12-8-17-14(10-15(12)21)13(9-19(25)28-17)11-27-20(26)16-4-5-18(23-22-16)24-6-2-3-7-24/h4-5,8-10H,2-3,6-7,11H2,1H3. The highest BCUT2D eigenvalue weighted by Crippen LogP contribution is 2.25. The maximum Gasteiger partial charge on any atom is 0.359 e. The number of aromatic nitrogens is 2. The molecular formula is C20H18ClN3O4. The van der Waals surface area contributed by atoms with E-state index in [1.54, 1.807) is 24.3 Å². The topological polar surface area (TPSA) is 85.5 Å². The van der Waals surface area contributed by atoms with Crippen molar-refractivity contribution in [2.45, 2.75) is 26.4 Å². The third-order valence-electron chi connectivity index (χ3n) is 4.76. The summed E-state index contributed by atoms with van der Waals surface area (Å²) in [6.07, 6.45) is 2.27. The van der Waals surface area contributed by atoms with E-state index in [0.717, 1.165) is 37.3 Å². The Hall–Kier alpha value is -2.93. The Bertz CT molecular complexity index is 1090. The first kappa shape index (κ1) is 18.4. The van der Waals surface area contributed by atoms with Crippen LogP contribution in [0.4, 0.5) is 5.82 Å². The molecule has 0 amide bonds. The quantitative estimate of drug-likeness (QED) is 0.490. The van der Waals surface area contributed by atoms with E-state index in [-0.39, 0.29) is 12.3 Å². The SMILES string of the molecule is Cc1cc2oc(=O)cc(COC(=O)c3ccc(N4CCCC4)nn3)c2cc1Cl. The average molecular weight is 400 g/mol. The summed E-state index contributed by atoms with van der Waals surface area (Å²) < 4.78 is 10.5. The third-order valence-corrected chi connectivity index (χ3v) is 5.17. The van der Waals surface area contributed by atoms with Crippen LogP contribution < -0.4 is 10.5 Å². The van der Waals surface area contributed by atoms with Crippen LogP contribution in [-0.2, 0) is 11.3 Å². The zero-order chi connectivity index (χ0) is 19.7. The third kappa shape index (κ3) is 3.71. The fourth-order valence-corrected chi connectivity index (χ4v) is 3.40. The number of hydrogen-bond acceptors (Lipinski definition) is 7. The van der Waals surface area contributed by atoms with E-state index in [0.29, 0.717) is 21.6 Å². The highest BCUT2D eigenvalue weighted by Gasteiger charge is 2.17. The molecule has 0 spiro atoms. The molecule has 0 saturated carbocycles. The number of halogens is 1. The van der Waals surface area contributed by atoms with Gasteiger partial charge in [0, 0.05) is 35.1 Å². The summed E-state index contributed by atoms with van der Waals surface area (Å²) in [6, 6.07) is 8.05. The van der Waals surface area contributed by atoms with Crippen molar-refractivity contribution in [3.8, 4) is 0 Å². The van der Waals surface area contributed by atoms with Gasteiger partial charge < -0.3 is 14.1 Å². The first-order chi connectivity index (χ1) is 13.5. The molecule has 3 aromatic rings. The minimum atomic E-state index is -0.611. The maximum absolute atomic E-state index is 12.3. The van der Waals surface area contributed by atoms with Crippen molar-refractivity contribution in [3.63, 3.8) is 0 Å². The second-order valence-corrected chi connectivity index (χ2v) is 7.14. The van der Waals surface area contributed by atoms with Crippen LogP contribution in [0.1, 0.15) is 34.5 Å². The number of fused-ring (bicyclic) bond motifs is 1. The summed E-state index contributed by atoms with van der Waals surface area (Å²) >= 11 is 6.18. The minimum absolute atomic E-state index is 0.101. The van der Waals surface area contributed by atoms with E-state index in [1.807, 2.05) is 6.92 Å². The van der Waals surface area contributed by atoms with Gasteiger partial charge >= 0.3 is 11.6 Å². The monoisotopic (exact) mass is 399 g/mol. The summed E-state index contributed by atoms with van der Waals surface area (Å²) in [4.78, 5) is 26.3. The molecule has 0 unspecified atom stereocenters. The van der Waals surface area contributed by atoms with Gasteiger partial charge in [-0.05, 0) is 49.6 Å². The Morgan fingerprint density at radius 3 is 2.71 bits per heavy atom.